The van der Waals surface area contributed by atoms with Gasteiger partial charge in [-0.2, -0.15) is 0 Å². The molecule has 0 saturated carbocycles. The quantitative estimate of drug-likeness (QED) is 0.800. The van der Waals surface area contributed by atoms with Crippen molar-refractivity contribution in [2.45, 2.75) is 37.5 Å². The number of likely N-dealkylation sites (N-methyl/N-ethyl adjacent to an activating group) is 1. The van der Waals surface area contributed by atoms with Gasteiger partial charge in [0.1, 0.15) is 0 Å². The summed E-state index contributed by atoms with van der Waals surface area (Å²) in [5.41, 5.74) is 4.38. The van der Waals surface area contributed by atoms with Gasteiger partial charge in [-0.05, 0) is 49.6 Å². The molecule has 1 aromatic rings. The van der Waals surface area contributed by atoms with Gasteiger partial charge in [-0.3, -0.25) is 0 Å². The minimum absolute atomic E-state index is 0.593. The zero-order valence-corrected chi connectivity index (χ0v) is 9.87. The van der Waals surface area contributed by atoms with E-state index in [2.05, 4.69) is 38.2 Å². The van der Waals surface area contributed by atoms with Crippen molar-refractivity contribution in [2.75, 3.05) is 6.54 Å². The molecule has 0 fully saturated rings. The smallest absolute Gasteiger partial charge is 0.0620 e. The SMILES string of the molecule is CCNC1Cc2c(C)cc(C)cc2S1. The average molecular weight is 207 g/mol. The van der Waals surface area contributed by atoms with Crippen LogP contribution in [0.5, 0.6) is 0 Å². The molecule has 0 bridgehead atoms. The van der Waals surface area contributed by atoms with Crippen LogP contribution in [-0.2, 0) is 6.42 Å². The van der Waals surface area contributed by atoms with Crippen molar-refractivity contribution in [1.29, 1.82) is 0 Å². The van der Waals surface area contributed by atoms with E-state index in [4.69, 9.17) is 0 Å². The first-order valence-corrected chi connectivity index (χ1v) is 6.09. The molecule has 76 valence electrons. The number of aryl methyl sites for hydroxylation is 2. The Morgan fingerprint density at radius 1 is 1.43 bits per heavy atom. The molecular formula is C12H17NS. The maximum Gasteiger partial charge on any atom is 0.0620 e. The first kappa shape index (κ1) is 10.1. The number of nitrogens with one attached hydrogen (secondary N) is 1. The van der Waals surface area contributed by atoms with Gasteiger partial charge in [0.2, 0.25) is 0 Å². The first-order valence-electron chi connectivity index (χ1n) is 5.21. The fraction of sp³-hybridized carbons (Fsp3) is 0.500. The predicted molar refractivity (Wildman–Crippen MR) is 62.9 cm³/mol. The molecule has 0 amide bonds. The summed E-state index contributed by atoms with van der Waals surface area (Å²) < 4.78 is 0. The number of benzene rings is 1. The van der Waals surface area contributed by atoms with Crippen molar-refractivity contribution >= 4 is 11.8 Å². The molecule has 0 saturated heterocycles. The molecule has 1 aromatic carbocycles. The summed E-state index contributed by atoms with van der Waals surface area (Å²) in [4.78, 5) is 1.48. The molecule has 1 aliphatic heterocycles. The Kier molecular flexibility index (Phi) is 2.84. The maximum absolute atomic E-state index is 3.50. The summed E-state index contributed by atoms with van der Waals surface area (Å²) >= 11 is 1.98. The van der Waals surface area contributed by atoms with Gasteiger partial charge in [-0.15, -0.1) is 11.8 Å². The second kappa shape index (κ2) is 3.95. The Balaban J connectivity index is 2.26. The molecule has 1 nitrogen and oxygen atoms in total. The highest BCUT2D eigenvalue weighted by Crippen LogP contribution is 2.38. The second-order valence-electron chi connectivity index (χ2n) is 3.93. The van der Waals surface area contributed by atoms with Gasteiger partial charge in [0.15, 0.2) is 0 Å². The lowest BCUT2D eigenvalue weighted by molar-refractivity contribution is 0.679. The zero-order valence-electron chi connectivity index (χ0n) is 9.05. The molecular weight excluding hydrogens is 190 g/mol. The third-order valence-corrected chi connectivity index (χ3v) is 3.90. The van der Waals surface area contributed by atoms with Crippen LogP contribution in [0.25, 0.3) is 0 Å². The van der Waals surface area contributed by atoms with E-state index >= 15 is 0 Å². The standard InChI is InChI=1S/C12H17NS/c1-4-13-12-7-10-9(3)5-8(2)6-11(10)14-12/h5-6,12-13H,4,7H2,1-3H3. The van der Waals surface area contributed by atoms with Gasteiger partial charge in [0.25, 0.3) is 0 Å². The predicted octanol–water partition coefficient (Wildman–Crippen LogP) is 2.89. The normalized spacial score (nSPS) is 19.8. The Morgan fingerprint density at radius 3 is 2.93 bits per heavy atom. The van der Waals surface area contributed by atoms with Crippen LogP contribution in [0.15, 0.2) is 17.0 Å². The van der Waals surface area contributed by atoms with Crippen LogP contribution in [-0.4, -0.2) is 11.9 Å². The molecule has 1 unspecified atom stereocenters. The Morgan fingerprint density at radius 2 is 2.21 bits per heavy atom. The van der Waals surface area contributed by atoms with E-state index in [9.17, 15) is 0 Å². The first-order chi connectivity index (χ1) is 6.70. The summed E-state index contributed by atoms with van der Waals surface area (Å²) in [5, 5.41) is 4.09. The molecule has 1 N–H and O–H groups in total. The molecule has 0 aromatic heterocycles. The Hall–Kier alpha value is -0.470. The highest BCUT2D eigenvalue weighted by atomic mass is 32.2. The van der Waals surface area contributed by atoms with Crippen molar-refractivity contribution in [3.63, 3.8) is 0 Å². The van der Waals surface area contributed by atoms with Crippen molar-refractivity contribution < 1.29 is 0 Å². The van der Waals surface area contributed by atoms with Gasteiger partial charge in [-0.25, -0.2) is 0 Å². The fourth-order valence-corrected chi connectivity index (χ4v) is 3.49. The number of hydrogen-bond donors (Lipinski definition) is 1. The van der Waals surface area contributed by atoms with Gasteiger partial charge in [0, 0.05) is 4.90 Å². The van der Waals surface area contributed by atoms with Crippen LogP contribution in [0.3, 0.4) is 0 Å². The van der Waals surface area contributed by atoms with E-state index in [1.54, 1.807) is 5.56 Å². The van der Waals surface area contributed by atoms with Gasteiger partial charge in [0.05, 0.1) is 5.37 Å². The minimum Gasteiger partial charge on any atom is -0.305 e. The molecule has 1 atom stereocenters. The van der Waals surface area contributed by atoms with E-state index in [-0.39, 0.29) is 0 Å². The number of rotatable bonds is 2. The van der Waals surface area contributed by atoms with Crippen LogP contribution < -0.4 is 5.32 Å². The lowest BCUT2D eigenvalue weighted by Crippen LogP contribution is -2.24. The van der Waals surface area contributed by atoms with Crippen LogP contribution >= 0.6 is 11.8 Å². The monoisotopic (exact) mass is 207 g/mol. The van der Waals surface area contributed by atoms with Gasteiger partial charge < -0.3 is 5.32 Å². The van der Waals surface area contributed by atoms with Crippen molar-refractivity contribution in [1.82, 2.24) is 5.32 Å². The summed E-state index contributed by atoms with van der Waals surface area (Å²) in [6.07, 6.45) is 1.18. The van der Waals surface area contributed by atoms with Crippen LogP contribution in [0, 0.1) is 13.8 Å². The largest absolute Gasteiger partial charge is 0.305 e. The van der Waals surface area contributed by atoms with Crippen LogP contribution in [0.1, 0.15) is 23.6 Å². The molecule has 1 aliphatic rings. The zero-order chi connectivity index (χ0) is 10.1. The van der Waals surface area contributed by atoms with Gasteiger partial charge in [-0.1, -0.05) is 13.0 Å². The Labute approximate surface area is 90.3 Å². The molecule has 0 spiro atoms. The third kappa shape index (κ3) is 1.82. The van der Waals surface area contributed by atoms with E-state index < -0.39 is 0 Å². The van der Waals surface area contributed by atoms with E-state index in [0.717, 1.165) is 6.54 Å². The lowest BCUT2D eigenvalue weighted by atomic mass is 10.0. The molecule has 0 aliphatic carbocycles. The summed E-state index contributed by atoms with van der Waals surface area (Å²) in [5.74, 6) is 0. The highest BCUT2D eigenvalue weighted by Gasteiger charge is 2.22. The number of hydrogen-bond acceptors (Lipinski definition) is 2. The Bertz CT molecular complexity index is 346. The summed E-state index contributed by atoms with van der Waals surface area (Å²) in [6.45, 7) is 7.63. The summed E-state index contributed by atoms with van der Waals surface area (Å²) in [7, 11) is 0. The summed E-state index contributed by atoms with van der Waals surface area (Å²) in [6, 6.07) is 4.60. The topological polar surface area (TPSA) is 12.0 Å². The molecule has 2 heteroatoms. The lowest BCUT2D eigenvalue weighted by Gasteiger charge is -2.07. The average Bonchev–Trinajstić information content (AvgIpc) is 2.48. The van der Waals surface area contributed by atoms with Crippen molar-refractivity contribution in [2.24, 2.45) is 0 Å². The number of fused-ring (bicyclic) bond motifs is 1. The molecule has 2 rings (SSSR count). The third-order valence-electron chi connectivity index (χ3n) is 2.67. The molecule has 0 radical (unpaired) electrons. The van der Waals surface area contributed by atoms with E-state index in [0.29, 0.717) is 5.37 Å². The van der Waals surface area contributed by atoms with Gasteiger partial charge >= 0.3 is 0 Å². The highest BCUT2D eigenvalue weighted by molar-refractivity contribution is 8.00. The minimum atomic E-state index is 0.593. The number of thioether (sulfide) groups is 1. The van der Waals surface area contributed by atoms with Crippen LogP contribution in [0.2, 0.25) is 0 Å². The van der Waals surface area contributed by atoms with Crippen LogP contribution in [0.4, 0.5) is 0 Å². The second-order valence-corrected chi connectivity index (χ2v) is 5.17. The van der Waals surface area contributed by atoms with E-state index in [1.165, 1.54) is 22.4 Å². The molecule has 1 heterocycles. The maximum atomic E-state index is 3.50. The molecule has 14 heavy (non-hydrogen) atoms. The van der Waals surface area contributed by atoms with Crippen molar-refractivity contribution in [3.05, 3.63) is 28.8 Å². The van der Waals surface area contributed by atoms with E-state index in [1.807, 2.05) is 11.8 Å². The fourth-order valence-electron chi connectivity index (χ4n) is 2.05. The van der Waals surface area contributed by atoms with Crippen molar-refractivity contribution in [3.8, 4) is 0 Å².